The molecule has 1 aliphatic heterocycles. The van der Waals surface area contributed by atoms with Crippen LogP contribution in [0.15, 0.2) is 77.8 Å². The van der Waals surface area contributed by atoms with Crippen molar-refractivity contribution in [1.29, 1.82) is 0 Å². The molecule has 0 saturated heterocycles. The van der Waals surface area contributed by atoms with Gasteiger partial charge in [0.05, 0.1) is 23.4 Å². The smallest absolute Gasteiger partial charge is 0.311 e. The van der Waals surface area contributed by atoms with Crippen molar-refractivity contribution in [3.05, 3.63) is 99.6 Å². The van der Waals surface area contributed by atoms with Gasteiger partial charge in [-0.25, -0.2) is 4.99 Å². The third-order valence-electron chi connectivity index (χ3n) is 4.90. The van der Waals surface area contributed by atoms with Crippen LogP contribution in [-0.2, 0) is 4.79 Å². The van der Waals surface area contributed by atoms with E-state index in [1.54, 1.807) is 12.1 Å². The lowest BCUT2D eigenvalue weighted by Crippen LogP contribution is -2.42. The normalized spacial score (nSPS) is 15.0. The number of nitrogens with zero attached hydrogens (tertiary/aromatic N) is 2. The quantitative estimate of drug-likeness (QED) is 0.475. The standard InChI is InChI=1S/C23H18N4O5/c1-32-19-12-11-15(13-18(19)27(30)31)22(28)26-21-23(29)24-17-10-6-5-9-16(17)20(25-21)14-7-3-2-4-8-14/h2-13,21H,1H3,(H,24,29)(H,26,28). The Balaban J connectivity index is 1.71. The molecule has 0 spiro atoms. The first-order valence-corrected chi connectivity index (χ1v) is 9.64. The van der Waals surface area contributed by atoms with Gasteiger partial charge in [-0.05, 0) is 18.2 Å². The highest BCUT2D eigenvalue weighted by atomic mass is 16.6. The summed E-state index contributed by atoms with van der Waals surface area (Å²) in [5.41, 5.74) is 2.23. The van der Waals surface area contributed by atoms with Gasteiger partial charge in [-0.3, -0.25) is 19.7 Å². The molecule has 0 fully saturated rings. The van der Waals surface area contributed by atoms with E-state index in [2.05, 4.69) is 15.6 Å². The van der Waals surface area contributed by atoms with Crippen molar-refractivity contribution >= 4 is 28.9 Å². The summed E-state index contributed by atoms with van der Waals surface area (Å²) in [5.74, 6) is -1.18. The van der Waals surface area contributed by atoms with Crippen LogP contribution in [0.25, 0.3) is 0 Å². The number of hydrogen-bond donors (Lipinski definition) is 2. The van der Waals surface area contributed by atoms with Gasteiger partial charge in [-0.15, -0.1) is 0 Å². The van der Waals surface area contributed by atoms with Gasteiger partial charge in [0.25, 0.3) is 11.8 Å². The molecule has 0 aromatic heterocycles. The van der Waals surface area contributed by atoms with Gasteiger partial charge in [0, 0.05) is 22.8 Å². The number of para-hydroxylation sites is 1. The van der Waals surface area contributed by atoms with Crippen LogP contribution in [0, 0.1) is 10.1 Å². The number of anilines is 1. The molecule has 1 heterocycles. The van der Waals surface area contributed by atoms with E-state index in [0.29, 0.717) is 17.0 Å². The molecule has 0 saturated carbocycles. The molecule has 2 amide bonds. The maximum Gasteiger partial charge on any atom is 0.311 e. The van der Waals surface area contributed by atoms with Crippen LogP contribution in [-0.4, -0.2) is 35.7 Å². The summed E-state index contributed by atoms with van der Waals surface area (Å²) in [4.78, 5) is 40.8. The lowest BCUT2D eigenvalue weighted by Gasteiger charge is -2.13. The average molecular weight is 430 g/mol. The largest absolute Gasteiger partial charge is 0.490 e. The third-order valence-corrected chi connectivity index (χ3v) is 4.90. The fourth-order valence-electron chi connectivity index (χ4n) is 3.36. The van der Waals surface area contributed by atoms with Crippen LogP contribution in [0.5, 0.6) is 5.75 Å². The van der Waals surface area contributed by atoms with E-state index in [1.807, 2.05) is 42.5 Å². The maximum atomic E-state index is 12.8. The van der Waals surface area contributed by atoms with Crippen molar-refractivity contribution in [3.8, 4) is 5.75 Å². The Morgan fingerprint density at radius 1 is 1.09 bits per heavy atom. The number of rotatable bonds is 5. The highest BCUT2D eigenvalue weighted by Crippen LogP contribution is 2.28. The number of carbonyl (C=O) groups excluding carboxylic acids is 2. The molecule has 0 radical (unpaired) electrons. The summed E-state index contributed by atoms with van der Waals surface area (Å²) in [5, 5.41) is 16.6. The minimum atomic E-state index is -1.24. The van der Waals surface area contributed by atoms with Crippen LogP contribution >= 0.6 is 0 Å². The molecule has 160 valence electrons. The molecule has 9 nitrogen and oxygen atoms in total. The number of benzene rings is 3. The Labute approximate surface area is 182 Å². The van der Waals surface area contributed by atoms with E-state index in [4.69, 9.17) is 4.74 Å². The fourth-order valence-corrected chi connectivity index (χ4v) is 3.36. The average Bonchev–Trinajstić information content (AvgIpc) is 2.95. The van der Waals surface area contributed by atoms with E-state index >= 15 is 0 Å². The number of ether oxygens (including phenoxy) is 1. The molecule has 1 unspecified atom stereocenters. The Kier molecular flexibility index (Phi) is 5.63. The van der Waals surface area contributed by atoms with Crippen molar-refractivity contribution in [2.75, 3.05) is 12.4 Å². The van der Waals surface area contributed by atoms with E-state index in [-0.39, 0.29) is 17.0 Å². The van der Waals surface area contributed by atoms with Crippen molar-refractivity contribution in [2.45, 2.75) is 6.17 Å². The molecule has 1 aliphatic rings. The highest BCUT2D eigenvalue weighted by molar-refractivity contribution is 6.20. The van der Waals surface area contributed by atoms with Gasteiger partial charge < -0.3 is 15.4 Å². The predicted octanol–water partition coefficient (Wildman–Crippen LogP) is 3.15. The van der Waals surface area contributed by atoms with E-state index in [0.717, 1.165) is 11.6 Å². The number of fused-ring (bicyclic) bond motifs is 1. The number of carbonyl (C=O) groups is 2. The monoisotopic (exact) mass is 430 g/mol. The van der Waals surface area contributed by atoms with Crippen molar-refractivity contribution in [3.63, 3.8) is 0 Å². The van der Waals surface area contributed by atoms with Crippen LogP contribution in [0.2, 0.25) is 0 Å². The third kappa shape index (κ3) is 4.04. The molecular formula is C23H18N4O5. The fraction of sp³-hybridized carbons (Fsp3) is 0.0870. The summed E-state index contributed by atoms with van der Waals surface area (Å²) in [6.07, 6.45) is -1.24. The summed E-state index contributed by atoms with van der Waals surface area (Å²) >= 11 is 0. The maximum absolute atomic E-state index is 12.8. The van der Waals surface area contributed by atoms with Crippen molar-refractivity contribution in [2.24, 2.45) is 4.99 Å². The molecule has 3 aromatic rings. The Morgan fingerprint density at radius 2 is 1.81 bits per heavy atom. The summed E-state index contributed by atoms with van der Waals surface area (Å²) < 4.78 is 4.96. The Hall–Kier alpha value is -4.53. The van der Waals surface area contributed by atoms with E-state index < -0.39 is 22.9 Å². The minimum absolute atomic E-state index is 0.00326. The topological polar surface area (TPSA) is 123 Å². The first kappa shape index (κ1) is 20.7. The van der Waals surface area contributed by atoms with Gasteiger partial charge in [-0.2, -0.15) is 0 Å². The lowest BCUT2D eigenvalue weighted by atomic mass is 10.0. The molecule has 0 aliphatic carbocycles. The molecule has 2 N–H and O–H groups in total. The molecule has 3 aromatic carbocycles. The summed E-state index contributed by atoms with van der Waals surface area (Å²) in [7, 11) is 1.30. The minimum Gasteiger partial charge on any atom is -0.490 e. The van der Waals surface area contributed by atoms with Crippen LogP contribution in [0.3, 0.4) is 0 Å². The first-order chi connectivity index (χ1) is 15.5. The Bertz CT molecular complexity index is 1240. The number of aliphatic imine (C=N–C) groups is 1. The number of amides is 2. The van der Waals surface area contributed by atoms with Crippen molar-refractivity contribution < 1.29 is 19.2 Å². The van der Waals surface area contributed by atoms with Gasteiger partial charge in [0.1, 0.15) is 0 Å². The number of hydrogen-bond acceptors (Lipinski definition) is 6. The van der Waals surface area contributed by atoms with Gasteiger partial charge in [0.2, 0.25) is 6.17 Å². The van der Waals surface area contributed by atoms with Gasteiger partial charge in [0.15, 0.2) is 5.75 Å². The molecule has 4 rings (SSSR count). The second kappa shape index (κ2) is 8.68. The Morgan fingerprint density at radius 3 is 2.53 bits per heavy atom. The number of nitro groups is 1. The van der Waals surface area contributed by atoms with E-state index in [9.17, 15) is 19.7 Å². The number of benzodiazepines with no additional fused rings is 1. The highest BCUT2D eigenvalue weighted by Gasteiger charge is 2.28. The SMILES string of the molecule is COc1ccc(C(=O)NC2N=C(c3ccccc3)c3ccccc3NC2=O)cc1[N+](=O)[O-]. The zero-order valence-electron chi connectivity index (χ0n) is 16.9. The second-order valence-corrected chi connectivity index (χ2v) is 6.90. The summed E-state index contributed by atoms with van der Waals surface area (Å²) in [6.45, 7) is 0. The van der Waals surface area contributed by atoms with Gasteiger partial charge >= 0.3 is 5.69 Å². The summed E-state index contributed by atoms with van der Waals surface area (Å²) in [6, 6.07) is 20.3. The van der Waals surface area contributed by atoms with Crippen molar-refractivity contribution in [1.82, 2.24) is 5.32 Å². The van der Waals surface area contributed by atoms with Crippen LogP contribution < -0.4 is 15.4 Å². The molecule has 0 bridgehead atoms. The number of nitrogens with one attached hydrogen (secondary N) is 2. The predicted molar refractivity (Wildman–Crippen MR) is 118 cm³/mol. The lowest BCUT2D eigenvalue weighted by molar-refractivity contribution is -0.385. The van der Waals surface area contributed by atoms with Gasteiger partial charge in [-0.1, -0.05) is 48.5 Å². The molecular weight excluding hydrogens is 412 g/mol. The van der Waals surface area contributed by atoms with E-state index in [1.165, 1.54) is 19.2 Å². The van der Waals surface area contributed by atoms with Crippen LogP contribution in [0.4, 0.5) is 11.4 Å². The molecule has 1 atom stereocenters. The molecule has 9 heteroatoms. The van der Waals surface area contributed by atoms with Crippen LogP contribution in [0.1, 0.15) is 21.5 Å². The second-order valence-electron chi connectivity index (χ2n) is 6.90. The molecule has 32 heavy (non-hydrogen) atoms. The number of methoxy groups -OCH3 is 1. The first-order valence-electron chi connectivity index (χ1n) is 9.64. The zero-order valence-corrected chi connectivity index (χ0v) is 16.9. The zero-order chi connectivity index (χ0) is 22.7. The number of nitro benzene ring substituents is 1.